The standard InChI is InChI=1S/C18H19NO/c1-13-7-8-16(14(2)11-13)18(20)12-19-10-9-15-5-3-4-6-17(15)19/h3-8,11H,9-10,12H2,1-2H3. The van der Waals surface area contributed by atoms with Gasteiger partial charge in [-0.25, -0.2) is 0 Å². The normalized spacial score (nSPS) is 13.4. The predicted octanol–water partition coefficient (Wildman–Crippen LogP) is 3.55. The molecule has 0 fully saturated rings. The molecule has 0 saturated carbocycles. The average Bonchev–Trinajstić information content (AvgIpc) is 2.82. The third-order valence-electron chi connectivity index (χ3n) is 4.00. The molecular formula is C18H19NO. The van der Waals surface area contributed by atoms with Crippen molar-refractivity contribution in [1.29, 1.82) is 0 Å². The number of fused-ring (bicyclic) bond motifs is 1. The van der Waals surface area contributed by atoms with E-state index in [4.69, 9.17) is 0 Å². The van der Waals surface area contributed by atoms with E-state index in [9.17, 15) is 4.79 Å². The molecule has 2 heteroatoms. The molecule has 1 aliphatic rings. The second kappa shape index (κ2) is 5.12. The van der Waals surface area contributed by atoms with Crippen molar-refractivity contribution in [2.75, 3.05) is 18.0 Å². The first-order chi connectivity index (χ1) is 9.65. The van der Waals surface area contributed by atoms with Gasteiger partial charge in [-0.05, 0) is 37.5 Å². The van der Waals surface area contributed by atoms with Gasteiger partial charge < -0.3 is 4.90 Å². The second-order valence-corrected chi connectivity index (χ2v) is 5.54. The Morgan fingerprint density at radius 3 is 2.75 bits per heavy atom. The Labute approximate surface area is 120 Å². The highest BCUT2D eigenvalue weighted by atomic mass is 16.1. The van der Waals surface area contributed by atoms with Crippen molar-refractivity contribution in [2.45, 2.75) is 20.3 Å². The molecule has 0 bridgehead atoms. The van der Waals surface area contributed by atoms with Crippen LogP contribution in [-0.4, -0.2) is 18.9 Å². The highest BCUT2D eigenvalue weighted by Gasteiger charge is 2.21. The van der Waals surface area contributed by atoms with Gasteiger partial charge in [0, 0.05) is 17.8 Å². The van der Waals surface area contributed by atoms with Crippen molar-refractivity contribution >= 4 is 11.5 Å². The Hall–Kier alpha value is -2.09. The van der Waals surface area contributed by atoms with Gasteiger partial charge >= 0.3 is 0 Å². The number of hydrogen-bond acceptors (Lipinski definition) is 2. The van der Waals surface area contributed by atoms with Gasteiger partial charge in [0.25, 0.3) is 0 Å². The Balaban J connectivity index is 1.81. The molecule has 2 aromatic rings. The zero-order chi connectivity index (χ0) is 14.1. The summed E-state index contributed by atoms with van der Waals surface area (Å²) in [6.45, 7) is 5.48. The van der Waals surface area contributed by atoms with Gasteiger partial charge in [0.05, 0.1) is 6.54 Å². The summed E-state index contributed by atoms with van der Waals surface area (Å²) >= 11 is 0. The van der Waals surface area contributed by atoms with Crippen molar-refractivity contribution in [2.24, 2.45) is 0 Å². The number of benzene rings is 2. The summed E-state index contributed by atoms with van der Waals surface area (Å²) in [5.41, 5.74) is 5.68. The van der Waals surface area contributed by atoms with Gasteiger partial charge in [0.15, 0.2) is 5.78 Å². The van der Waals surface area contributed by atoms with Crippen molar-refractivity contribution in [3.05, 3.63) is 64.7 Å². The van der Waals surface area contributed by atoms with Crippen LogP contribution < -0.4 is 4.90 Å². The molecule has 0 aromatic heterocycles. The molecule has 1 heterocycles. The van der Waals surface area contributed by atoms with Crippen LogP contribution in [0.3, 0.4) is 0 Å². The van der Waals surface area contributed by atoms with Crippen LogP contribution in [0.4, 0.5) is 5.69 Å². The summed E-state index contributed by atoms with van der Waals surface area (Å²) in [5.74, 6) is 0.208. The van der Waals surface area contributed by atoms with E-state index in [0.29, 0.717) is 6.54 Å². The van der Waals surface area contributed by atoms with E-state index in [1.165, 1.54) is 16.8 Å². The Bertz CT molecular complexity index is 660. The van der Waals surface area contributed by atoms with Gasteiger partial charge in [0.2, 0.25) is 0 Å². The fourth-order valence-corrected chi connectivity index (χ4v) is 2.96. The highest BCUT2D eigenvalue weighted by Crippen LogP contribution is 2.27. The molecule has 0 aliphatic carbocycles. The molecule has 0 spiro atoms. The zero-order valence-corrected chi connectivity index (χ0v) is 12.0. The molecule has 3 rings (SSSR count). The number of nitrogens with zero attached hydrogens (tertiary/aromatic N) is 1. The Morgan fingerprint density at radius 2 is 1.95 bits per heavy atom. The van der Waals surface area contributed by atoms with Crippen LogP contribution in [0.15, 0.2) is 42.5 Å². The summed E-state index contributed by atoms with van der Waals surface area (Å²) in [4.78, 5) is 14.7. The van der Waals surface area contributed by atoms with Crippen LogP contribution in [0.5, 0.6) is 0 Å². The van der Waals surface area contributed by atoms with Crippen molar-refractivity contribution in [3.63, 3.8) is 0 Å². The van der Waals surface area contributed by atoms with E-state index in [0.717, 1.165) is 24.1 Å². The molecule has 2 nitrogen and oxygen atoms in total. The van der Waals surface area contributed by atoms with Gasteiger partial charge in [0.1, 0.15) is 0 Å². The molecule has 102 valence electrons. The largest absolute Gasteiger partial charge is 0.363 e. The summed E-state index contributed by atoms with van der Waals surface area (Å²) in [5, 5.41) is 0. The first-order valence-corrected chi connectivity index (χ1v) is 7.08. The first-order valence-electron chi connectivity index (χ1n) is 7.08. The molecule has 0 saturated heterocycles. The van der Waals surface area contributed by atoms with Crippen molar-refractivity contribution in [3.8, 4) is 0 Å². The van der Waals surface area contributed by atoms with Crippen molar-refractivity contribution < 1.29 is 4.79 Å². The number of anilines is 1. The monoisotopic (exact) mass is 265 g/mol. The molecular weight excluding hydrogens is 246 g/mol. The number of para-hydroxylation sites is 1. The minimum atomic E-state index is 0.208. The van der Waals surface area contributed by atoms with Crippen LogP contribution in [0, 0.1) is 13.8 Å². The maximum absolute atomic E-state index is 12.5. The van der Waals surface area contributed by atoms with E-state index in [1.807, 2.05) is 25.1 Å². The van der Waals surface area contributed by atoms with Crippen LogP contribution in [0.25, 0.3) is 0 Å². The lowest BCUT2D eigenvalue weighted by Crippen LogP contribution is -2.28. The van der Waals surface area contributed by atoms with E-state index >= 15 is 0 Å². The van der Waals surface area contributed by atoms with Crippen LogP contribution in [0.2, 0.25) is 0 Å². The van der Waals surface area contributed by atoms with Crippen molar-refractivity contribution in [1.82, 2.24) is 0 Å². The van der Waals surface area contributed by atoms with Crippen LogP contribution in [0.1, 0.15) is 27.0 Å². The number of aryl methyl sites for hydroxylation is 2. The first kappa shape index (κ1) is 12.9. The average molecular weight is 265 g/mol. The fourth-order valence-electron chi connectivity index (χ4n) is 2.96. The summed E-state index contributed by atoms with van der Waals surface area (Å²) in [6, 6.07) is 14.4. The number of rotatable bonds is 3. The number of carbonyl (C=O) groups excluding carboxylic acids is 1. The molecule has 0 amide bonds. The van der Waals surface area contributed by atoms with E-state index in [1.54, 1.807) is 0 Å². The van der Waals surface area contributed by atoms with Crippen LogP contribution in [-0.2, 0) is 6.42 Å². The molecule has 0 atom stereocenters. The molecule has 0 N–H and O–H groups in total. The maximum atomic E-state index is 12.5. The summed E-state index contributed by atoms with van der Waals surface area (Å²) < 4.78 is 0. The molecule has 1 aliphatic heterocycles. The summed E-state index contributed by atoms with van der Waals surface area (Å²) in [7, 11) is 0. The minimum Gasteiger partial charge on any atom is -0.363 e. The third-order valence-corrected chi connectivity index (χ3v) is 4.00. The fraction of sp³-hybridized carbons (Fsp3) is 0.278. The van der Waals surface area contributed by atoms with E-state index < -0.39 is 0 Å². The van der Waals surface area contributed by atoms with E-state index in [-0.39, 0.29) is 5.78 Å². The van der Waals surface area contributed by atoms with Crippen LogP contribution >= 0.6 is 0 Å². The topological polar surface area (TPSA) is 20.3 Å². The molecule has 20 heavy (non-hydrogen) atoms. The smallest absolute Gasteiger partial charge is 0.182 e. The second-order valence-electron chi connectivity index (χ2n) is 5.54. The highest BCUT2D eigenvalue weighted by molar-refractivity contribution is 6.00. The Morgan fingerprint density at radius 1 is 1.15 bits per heavy atom. The van der Waals surface area contributed by atoms with Gasteiger partial charge in [-0.1, -0.05) is 42.0 Å². The minimum absolute atomic E-state index is 0.208. The zero-order valence-electron chi connectivity index (χ0n) is 12.0. The number of hydrogen-bond donors (Lipinski definition) is 0. The van der Waals surface area contributed by atoms with Gasteiger partial charge in [-0.3, -0.25) is 4.79 Å². The molecule has 0 unspecified atom stereocenters. The predicted molar refractivity (Wildman–Crippen MR) is 82.6 cm³/mol. The lowest BCUT2D eigenvalue weighted by molar-refractivity contribution is 0.0999. The molecule has 0 radical (unpaired) electrons. The van der Waals surface area contributed by atoms with Gasteiger partial charge in [-0.15, -0.1) is 0 Å². The quantitative estimate of drug-likeness (QED) is 0.791. The lowest BCUT2D eigenvalue weighted by atomic mass is 10.0. The lowest BCUT2D eigenvalue weighted by Gasteiger charge is -2.19. The summed E-state index contributed by atoms with van der Waals surface area (Å²) in [6.07, 6.45) is 1.04. The molecule has 2 aromatic carbocycles. The number of ketones is 1. The van der Waals surface area contributed by atoms with E-state index in [2.05, 4.69) is 36.1 Å². The number of Topliss-reactive ketones (excluding diaryl/α,β-unsaturated/α-hetero) is 1. The SMILES string of the molecule is Cc1ccc(C(=O)CN2CCc3ccccc32)c(C)c1. The third kappa shape index (κ3) is 2.34. The maximum Gasteiger partial charge on any atom is 0.182 e. The Kier molecular flexibility index (Phi) is 3.31. The van der Waals surface area contributed by atoms with Gasteiger partial charge in [-0.2, -0.15) is 0 Å². The number of carbonyl (C=O) groups is 1.